The molecule has 0 aromatic heterocycles. The topological polar surface area (TPSA) is 62.3 Å². The van der Waals surface area contributed by atoms with Gasteiger partial charge in [-0.05, 0) is 70.3 Å². The Morgan fingerprint density at radius 3 is 2.52 bits per heavy atom. The van der Waals surface area contributed by atoms with Gasteiger partial charge < -0.3 is 24.2 Å². The van der Waals surface area contributed by atoms with Gasteiger partial charge in [-0.25, -0.2) is 0 Å². The first-order chi connectivity index (χ1) is 14.9. The largest absolute Gasteiger partial charge is 0.497 e. The van der Waals surface area contributed by atoms with E-state index in [2.05, 4.69) is 11.9 Å². The van der Waals surface area contributed by atoms with Crippen LogP contribution in [0, 0.1) is 5.92 Å². The van der Waals surface area contributed by atoms with Crippen LogP contribution in [0.25, 0.3) is 0 Å². The first kappa shape index (κ1) is 23.4. The van der Waals surface area contributed by atoms with Gasteiger partial charge in [0.25, 0.3) is 5.91 Å². The van der Waals surface area contributed by atoms with Crippen LogP contribution in [-0.2, 0) is 4.79 Å². The van der Waals surface area contributed by atoms with Crippen molar-refractivity contribution in [3.63, 3.8) is 0 Å². The molecule has 0 aliphatic carbocycles. The Balaban J connectivity index is 1.53. The summed E-state index contributed by atoms with van der Waals surface area (Å²) in [6.45, 7) is 3.54. The third kappa shape index (κ3) is 5.91. The number of hydrogen-bond acceptors (Lipinski definition) is 5. The zero-order valence-corrected chi connectivity index (χ0v) is 19.4. The Kier molecular flexibility index (Phi) is 8.18. The Bertz CT molecular complexity index is 761. The summed E-state index contributed by atoms with van der Waals surface area (Å²) in [6, 6.07) is 5.65. The molecule has 0 N–H and O–H groups in total. The maximum atomic E-state index is 13.1. The second-order valence-corrected chi connectivity index (χ2v) is 8.90. The van der Waals surface area contributed by atoms with Gasteiger partial charge in [-0.15, -0.1) is 0 Å². The first-order valence-corrected chi connectivity index (χ1v) is 11.4. The molecular formula is C24H37N3O4. The predicted molar refractivity (Wildman–Crippen MR) is 121 cm³/mol. The van der Waals surface area contributed by atoms with Crippen LogP contribution < -0.4 is 9.47 Å². The van der Waals surface area contributed by atoms with Gasteiger partial charge >= 0.3 is 0 Å². The molecule has 7 nitrogen and oxygen atoms in total. The molecule has 0 unspecified atom stereocenters. The molecule has 1 atom stereocenters. The molecule has 7 heteroatoms. The quantitative estimate of drug-likeness (QED) is 0.664. The molecule has 2 aliphatic rings. The number of likely N-dealkylation sites (tertiary alicyclic amines) is 2. The summed E-state index contributed by atoms with van der Waals surface area (Å²) in [4.78, 5) is 32.1. The van der Waals surface area contributed by atoms with E-state index in [-0.39, 0.29) is 11.8 Å². The van der Waals surface area contributed by atoms with Crippen molar-refractivity contribution in [2.75, 3.05) is 54.5 Å². The lowest BCUT2D eigenvalue weighted by molar-refractivity contribution is -0.133. The minimum atomic E-state index is -0.0148. The number of hydrogen-bond donors (Lipinski definition) is 0. The summed E-state index contributed by atoms with van der Waals surface area (Å²) in [7, 11) is 7.24. The molecule has 2 amide bonds. The SMILES string of the molecule is COc1ccc(C(=O)N2CCC[C@H](CCC(=O)N(C)C3CCN(C)CC3)C2)c(OC)c1. The molecule has 0 saturated carbocycles. The van der Waals surface area contributed by atoms with E-state index in [1.165, 1.54) is 0 Å². The van der Waals surface area contributed by atoms with Gasteiger partial charge in [0.2, 0.25) is 5.91 Å². The number of carbonyl (C=O) groups excluding carboxylic acids is 2. The second kappa shape index (κ2) is 10.8. The van der Waals surface area contributed by atoms with E-state index < -0.39 is 0 Å². The van der Waals surface area contributed by atoms with E-state index in [0.717, 1.165) is 51.7 Å². The van der Waals surface area contributed by atoms with Crippen molar-refractivity contribution < 1.29 is 19.1 Å². The summed E-state index contributed by atoms with van der Waals surface area (Å²) in [5, 5.41) is 0. The van der Waals surface area contributed by atoms with Crippen molar-refractivity contribution >= 4 is 11.8 Å². The van der Waals surface area contributed by atoms with Gasteiger partial charge in [-0.3, -0.25) is 9.59 Å². The molecule has 2 fully saturated rings. The number of ether oxygens (including phenoxy) is 2. The van der Waals surface area contributed by atoms with Crippen LogP contribution >= 0.6 is 0 Å². The average Bonchev–Trinajstić information content (AvgIpc) is 2.81. The van der Waals surface area contributed by atoms with Gasteiger partial charge in [0.1, 0.15) is 11.5 Å². The highest BCUT2D eigenvalue weighted by Crippen LogP contribution is 2.29. The number of carbonyl (C=O) groups is 2. The molecule has 1 aromatic carbocycles. The van der Waals surface area contributed by atoms with E-state index in [1.807, 2.05) is 16.8 Å². The fourth-order valence-corrected chi connectivity index (χ4v) is 4.72. The summed E-state index contributed by atoms with van der Waals surface area (Å²) in [5.41, 5.74) is 0.557. The van der Waals surface area contributed by atoms with Gasteiger partial charge in [-0.1, -0.05) is 0 Å². The standard InChI is InChI=1S/C24H37N3O4/c1-25-14-11-19(12-15-25)26(2)23(28)10-7-18-6-5-13-27(17-18)24(29)21-9-8-20(30-3)16-22(21)31-4/h8-9,16,18-19H,5-7,10-15,17H2,1-4H3/t18-/m1/s1. The Labute approximate surface area is 186 Å². The van der Waals surface area contributed by atoms with Crippen molar-refractivity contribution in [2.45, 2.75) is 44.6 Å². The van der Waals surface area contributed by atoms with Gasteiger partial charge in [0, 0.05) is 38.7 Å². The van der Waals surface area contributed by atoms with E-state index >= 15 is 0 Å². The van der Waals surface area contributed by atoms with E-state index in [4.69, 9.17) is 9.47 Å². The number of methoxy groups -OCH3 is 2. The maximum absolute atomic E-state index is 13.1. The Morgan fingerprint density at radius 1 is 1.10 bits per heavy atom. The summed E-state index contributed by atoms with van der Waals surface area (Å²) < 4.78 is 10.6. The van der Waals surface area contributed by atoms with Crippen molar-refractivity contribution in [3.05, 3.63) is 23.8 Å². The molecule has 172 valence electrons. The summed E-state index contributed by atoms with van der Waals surface area (Å²) >= 11 is 0. The molecule has 2 aliphatic heterocycles. The normalized spacial score (nSPS) is 20.4. The number of piperidine rings is 2. The second-order valence-electron chi connectivity index (χ2n) is 8.90. The number of nitrogens with zero attached hydrogens (tertiary/aromatic N) is 3. The highest BCUT2D eigenvalue weighted by atomic mass is 16.5. The first-order valence-electron chi connectivity index (χ1n) is 11.4. The number of rotatable bonds is 7. The lowest BCUT2D eigenvalue weighted by Gasteiger charge is -2.36. The third-order valence-corrected chi connectivity index (χ3v) is 6.84. The van der Waals surface area contributed by atoms with Gasteiger partial charge in [0.05, 0.1) is 19.8 Å². The lowest BCUT2D eigenvalue weighted by Crippen LogP contribution is -2.45. The average molecular weight is 432 g/mol. The van der Waals surface area contributed by atoms with Crippen molar-refractivity contribution in [2.24, 2.45) is 5.92 Å². The van der Waals surface area contributed by atoms with Crippen LogP contribution in [0.5, 0.6) is 11.5 Å². The minimum absolute atomic E-state index is 0.0148. The van der Waals surface area contributed by atoms with Crippen LogP contribution in [0.4, 0.5) is 0 Å². The number of benzene rings is 1. The van der Waals surface area contributed by atoms with E-state index in [0.29, 0.717) is 42.0 Å². The van der Waals surface area contributed by atoms with Crippen LogP contribution in [0.15, 0.2) is 18.2 Å². The fraction of sp³-hybridized carbons (Fsp3) is 0.667. The predicted octanol–water partition coefficient (Wildman–Crippen LogP) is 2.89. The molecule has 2 saturated heterocycles. The van der Waals surface area contributed by atoms with Crippen molar-refractivity contribution in [1.82, 2.24) is 14.7 Å². The zero-order chi connectivity index (χ0) is 22.4. The monoisotopic (exact) mass is 431 g/mol. The van der Waals surface area contributed by atoms with Crippen molar-refractivity contribution in [1.29, 1.82) is 0 Å². The number of amides is 2. The van der Waals surface area contributed by atoms with E-state index in [9.17, 15) is 9.59 Å². The van der Waals surface area contributed by atoms with Gasteiger partial charge in [0.15, 0.2) is 0 Å². The van der Waals surface area contributed by atoms with Crippen LogP contribution in [0.3, 0.4) is 0 Å². The molecule has 31 heavy (non-hydrogen) atoms. The third-order valence-electron chi connectivity index (χ3n) is 6.84. The highest BCUT2D eigenvalue weighted by Gasteiger charge is 2.28. The zero-order valence-electron chi connectivity index (χ0n) is 19.4. The Morgan fingerprint density at radius 2 is 1.84 bits per heavy atom. The van der Waals surface area contributed by atoms with Crippen LogP contribution in [0.2, 0.25) is 0 Å². The molecule has 0 spiro atoms. The molecule has 0 radical (unpaired) electrons. The van der Waals surface area contributed by atoms with Gasteiger partial charge in [-0.2, -0.15) is 0 Å². The van der Waals surface area contributed by atoms with E-state index in [1.54, 1.807) is 32.4 Å². The van der Waals surface area contributed by atoms with Crippen molar-refractivity contribution in [3.8, 4) is 11.5 Å². The lowest BCUT2D eigenvalue weighted by atomic mass is 9.92. The molecule has 0 bridgehead atoms. The molecule has 2 heterocycles. The highest BCUT2D eigenvalue weighted by molar-refractivity contribution is 5.97. The smallest absolute Gasteiger partial charge is 0.257 e. The van der Waals surface area contributed by atoms with Crippen LogP contribution in [-0.4, -0.2) is 87.0 Å². The minimum Gasteiger partial charge on any atom is -0.497 e. The Hall–Kier alpha value is -2.28. The van der Waals surface area contributed by atoms with Crippen LogP contribution in [0.1, 0.15) is 48.9 Å². The summed E-state index contributed by atoms with van der Waals surface area (Å²) in [6.07, 6.45) is 5.52. The maximum Gasteiger partial charge on any atom is 0.257 e. The molecular weight excluding hydrogens is 394 g/mol. The fourth-order valence-electron chi connectivity index (χ4n) is 4.72. The molecule has 3 rings (SSSR count). The molecule has 1 aromatic rings. The summed E-state index contributed by atoms with van der Waals surface area (Å²) in [5.74, 6) is 1.77.